The molecular formula is C22H25F4N5O3S. The van der Waals surface area contributed by atoms with Crippen molar-refractivity contribution in [1.82, 2.24) is 9.97 Å². The van der Waals surface area contributed by atoms with Gasteiger partial charge in [-0.1, -0.05) is 6.92 Å². The number of anilines is 2. The molecule has 13 heteroatoms. The van der Waals surface area contributed by atoms with E-state index >= 15 is 0 Å². The van der Waals surface area contributed by atoms with Crippen molar-refractivity contribution in [3.05, 3.63) is 48.3 Å². The van der Waals surface area contributed by atoms with Gasteiger partial charge in [0.25, 0.3) is 5.91 Å². The fraction of sp³-hybridized carbons (Fsp3) is 0.318. The van der Waals surface area contributed by atoms with Gasteiger partial charge in [0.05, 0.1) is 22.3 Å². The third-order valence-electron chi connectivity index (χ3n) is 4.19. The number of rotatable bonds is 7. The number of carbonyl (C=O) groups is 1. The van der Waals surface area contributed by atoms with Gasteiger partial charge < -0.3 is 15.8 Å². The van der Waals surface area contributed by atoms with Gasteiger partial charge in [0, 0.05) is 40.8 Å². The van der Waals surface area contributed by atoms with Crippen LogP contribution in [0.15, 0.2) is 41.0 Å². The Balaban J connectivity index is 0.000000641. The van der Waals surface area contributed by atoms with E-state index in [2.05, 4.69) is 19.6 Å². The lowest BCUT2D eigenvalue weighted by Crippen LogP contribution is -2.20. The van der Waals surface area contributed by atoms with Gasteiger partial charge in [-0.25, -0.2) is 31.7 Å². The van der Waals surface area contributed by atoms with Gasteiger partial charge in [-0.3, -0.25) is 4.79 Å². The van der Waals surface area contributed by atoms with E-state index in [1.807, 2.05) is 0 Å². The third-order valence-corrected chi connectivity index (χ3v) is 4.84. The lowest BCUT2D eigenvalue weighted by Gasteiger charge is -2.14. The highest BCUT2D eigenvalue weighted by molar-refractivity contribution is 7.92. The van der Waals surface area contributed by atoms with Gasteiger partial charge in [-0.15, -0.1) is 0 Å². The molecule has 1 amide bonds. The Morgan fingerprint density at radius 2 is 1.86 bits per heavy atom. The Hall–Kier alpha value is -3.48. The summed E-state index contributed by atoms with van der Waals surface area (Å²) >= 11 is 0. The van der Waals surface area contributed by atoms with Crippen LogP contribution >= 0.6 is 0 Å². The number of amides is 1. The number of nitrogens with one attached hydrogen (secondary N) is 1. The maximum atomic E-state index is 14.8. The fourth-order valence-corrected chi connectivity index (χ4v) is 3.14. The molecule has 3 rings (SSSR count). The van der Waals surface area contributed by atoms with Crippen LogP contribution in [0.5, 0.6) is 5.75 Å². The van der Waals surface area contributed by atoms with E-state index in [4.69, 9.17) is 10.5 Å². The lowest BCUT2D eigenvalue weighted by atomic mass is 10.2. The number of halogens is 4. The zero-order valence-corrected chi connectivity index (χ0v) is 20.3. The minimum absolute atomic E-state index is 0.000653. The summed E-state index contributed by atoms with van der Waals surface area (Å²) in [5.74, 6) is -4.39. The summed E-state index contributed by atoms with van der Waals surface area (Å²) in [4.78, 5) is 19.0. The van der Waals surface area contributed by atoms with E-state index in [1.54, 1.807) is 0 Å². The first kappa shape index (κ1) is 27.8. The highest BCUT2D eigenvalue weighted by Gasteiger charge is 2.16. The highest BCUT2D eigenvalue weighted by atomic mass is 32.2. The first-order valence-corrected chi connectivity index (χ1v) is 12.5. The second-order valence-electron chi connectivity index (χ2n) is 7.76. The molecule has 2 aromatic carbocycles. The number of nitrogens with two attached hydrogens (primary N) is 1. The van der Waals surface area contributed by atoms with Crippen molar-refractivity contribution < 1.29 is 31.3 Å². The minimum atomic E-state index is -2.48. The quantitative estimate of drug-likeness (QED) is 0.431. The van der Waals surface area contributed by atoms with E-state index in [-0.39, 0.29) is 40.3 Å². The summed E-state index contributed by atoms with van der Waals surface area (Å²) in [5, 5.41) is 2.90. The molecular weight excluding hydrogens is 490 g/mol. The first-order chi connectivity index (χ1) is 16.2. The summed E-state index contributed by atoms with van der Waals surface area (Å²) in [6.45, 7) is 1.90. The zero-order valence-electron chi connectivity index (χ0n) is 19.4. The molecule has 0 spiro atoms. The van der Waals surface area contributed by atoms with Crippen molar-refractivity contribution in [2.45, 2.75) is 26.2 Å². The number of hydrogen-bond acceptors (Lipinski definition) is 7. The largest absolute Gasteiger partial charge is 0.481 e. The van der Waals surface area contributed by atoms with Crippen LogP contribution in [0.3, 0.4) is 0 Å². The van der Waals surface area contributed by atoms with E-state index < -0.39 is 39.8 Å². The van der Waals surface area contributed by atoms with Crippen molar-refractivity contribution in [3.8, 4) is 5.75 Å². The van der Waals surface area contributed by atoms with Gasteiger partial charge in [-0.2, -0.15) is 4.36 Å². The molecule has 0 atom stereocenters. The number of primary amides is 1. The van der Waals surface area contributed by atoms with Gasteiger partial charge >= 0.3 is 0 Å². The molecule has 0 fully saturated rings. The maximum absolute atomic E-state index is 14.8. The summed E-state index contributed by atoms with van der Waals surface area (Å²) in [7, 11) is -2.48. The van der Waals surface area contributed by atoms with Crippen LogP contribution in [0.1, 0.15) is 20.3 Å². The van der Waals surface area contributed by atoms with E-state index in [1.165, 1.54) is 37.9 Å². The van der Waals surface area contributed by atoms with Crippen molar-refractivity contribution in [2.24, 2.45) is 10.1 Å². The van der Waals surface area contributed by atoms with Gasteiger partial charge in [0.15, 0.2) is 6.61 Å². The second kappa shape index (κ2) is 11.3. The van der Waals surface area contributed by atoms with Crippen LogP contribution in [0.25, 0.3) is 10.9 Å². The summed E-state index contributed by atoms with van der Waals surface area (Å²) in [5.41, 5.74) is 5.71. The fourth-order valence-electron chi connectivity index (χ4n) is 2.52. The first-order valence-electron chi connectivity index (χ1n) is 10.2. The second-order valence-corrected chi connectivity index (χ2v) is 10.3. The van der Waals surface area contributed by atoms with Crippen LogP contribution in [-0.2, 0) is 14.5 Å². The zero-order chi connectivity index (χ0) is 26.4. The Morgan fingerprint density at radius 1 is 1.20 bits per heavy atom. The SMILES string of the molecule is CCC(C)(F)F.CS(C)(=O)=Nc1cc(F)c2c(Nc3ccc(F)cc3OCC(N)=O)ncnc2c1. The number of hydrogen-bond donors (Lipinski definition) is 2. The molecule has 3 N–H and O–H groups in total. The Bertz CT molecular complexity index is 1330. The van der Waals surface area contributed by atoms with Crippen molar-refractivity contribution in [2.75, 3.05) is 24.4 Å². The van der Waals surface area contributed by atoms with Crippen LogP contribution in [0.2, 0.25) is 0 Å². The van der Waals surface area contributed by atoms with Gasteiger partial charge in [-0.05, 0) is 25.1 Å². The van der Waals surface area contributed by atoms with Crippen molar-refractivity contribution >= 4 is 43.7 Å². The molecule has 3 aromatic rings. The van der Waals surface area contributed by atoms with Gasteiger partial charge in [0.2, 0.25) is 5.92 Å². The molecule has 0 saturated carbocycles. The number of ether oxygens (including phenoxy) is 1. The number of fused-ring (bicyclic) bond motifs is 1. The summed E-state index contributed by atoms with van der Waals surface area (Å²) in [6, 6.07) is 6.17. The maximum Gasteiger partial charge on any atom is 0.255 e. The molecule has 0 aliphatic heterocycles. The number of alkyl halides is 2. The molecule has 190 valence electrons. The monoisotopic (exact) mass is 515 g/mol. The Morgan fingerprint density at radius 3 is 2.43 bits per heavy atom. The number of carbonyl (C=O) groups excluding carboxylic acids is 1. The number of benzene rings is 2. The molecule has 35 heavy (non-hydrogen) atoms. The Labute approximate surface area is 200 Å². The highest BCUT2D eigenvalue weighted by Crippen LogP contribution is 2.33. The van der Waals surface area contributed by atoms with E-state index in [0.717, 1.165) is 25.1 Å². The molecule has 1 aromatic heterocycles. The lowest BCUT2D eigenvalue weighted by molar-refractivity contribution is -0.119. The smallest absolute Gasteiger partial charge is 0.255 e. The van der Waals surface area contributed by atoms with Crippen molar-refractivity contribution in [1.29, 1.82) is 0 Å². The van der Waals surface area contributed by atoms with Gasteiger partial charge in [0.1, 0.15) is 29.5 Å². The minimum Gasteiger partial charge on any atom is -0.481 e. The topological polar surface area (TPSA) is 120 Å². The molecule has 0 bridgehead atoms. The van der Waals surface area contributed by atoms with Crippen LogP contribution in [-0.4, -0.2) is 45.1 Å². The third kappa shape index (κ3) is 9.00. The number of nitrogens with zero attached hydrogens (tertiary/aromatic N) is 3. The Kier molecular flexibility index (Phi) is 8.96. The predicted octanol–water partition coefficient (Wildman–Crippen LogP) is 4.93. The number of aromatic nitrogens is 2. The average molecular weight is 516 g/mol. The summed E-state index contributed by atoms with van der Waals surface area (Å²) < 4.78 is 72.3. The molecule has 1 heterocycles. The van der Waals surface area contributed by atoms with Crippen LogP contribution in [0.4, 0.5) is 34.8 Å². The van der Waals surface area contributed by atoms with Crippen molar-refractivity contribution in [3.63, 3.8) is 0 Å². The summed E-state index contributed by atoms with van der Waals surface area (Å²) in [6.07, 6.45) is 4.01. The molecule has 0 aliphatic rings. The predicted molar refractivity (Wildman–Crippen MR) is 127 cm³/mol. The molecule has 0 radical (unpaired) electrons. The standard InChI is InChI=1S/C18H17F2N5O3S.C4H8F2/c1-29(2,27)25-11-6-12(20)17-14(7-11)22-9-23-18(17)24-13-4-3-10(19)5-15(13)28-8-16(21)26;1-3-4(2,5)6/h3-7,9H,8H2,1-2H3,(H2,21,26)(H,22,23,24);3H2,1-2H3. The van der Waals surface area contributed by atoms with Crippen LogP contribution in [0, 0.1) is 11.6 Å². The molecule has 0 aliphatic carbocycles. The van der Waals surface area contributed by atoms with E-state index in [0.29, 0.717) is 0 Å². The van der Waals surface area contributed by atoms with E-state index in [9.17, 15) is 26.6 Å². The normalized spacial score (nSPS) is 11.4. The molecule has 8 nitrogen and oxygen atoms in total. The molecule has 0 unspecified atom stereocenters. The molecule has 0 saturated heterocycles. The van der Waals surface area contributed by atoms with Crippen LogP contribution < -0.4 is 15.8 Å². The average Bonchev–Trinajstić information content (AvgIpc) is 2.72.